The van der Waals surface area contributed by atoms with E-state index in [0.717, 1.165) is 10.5 Å². The molecule has 0 fully saturated rings. The smallest absolute Gasteiger partial charge is 0.130 e. The van der Waals surface area contributed by atoms with Gasteiger partial charge in [0.05, 0.1) is 0 Å². The lowest BCUT2D eigenvalue weighted by Crippen LogP contribution is -2.16. The maximum Gasteiger partial charge on any atom is 0.130 e. The van der Waals surface area contributed by atoms with Gasteiger partial charge >= 0.3 is 0 Å². The van der Waals surface area contributed by atoms with E-state index in [9.17, 15) is 8.78 Å². The minimum atomic E-state index is -0.661. The number of rotatable bonds is 4. The third-order valence-corrected chi connectivity index (χ3v) is 4.18. The molecule has 1 unspecified atom stereocenters. The molecular formula is C15H15F2NS. The second kappa shape index (κ2) is 6.17. The summed E-state index contributed by atoms with van der Waals surface area (Å²) in [6.07, 6.45) is 0. The van der Waals surface area contributed by atoms with Crippen LogP contribution in [0.4, 0.5) is 8.78 Å². The number of hydrogen-bond acceptors (Lipinski definition) is 2. The third-order valence-electron chi connectivity index (χ3n) is 2.88. The van der Waals surface area contributed by atoms with Crippen molar-refractivity contribution in [1.29, 1.82) is 0 Å². The molecule has 0 saturated heterocycles. The molecule has 4 heteroatoms. The van der Waals surface area contributed by atoms with Crippen LogP contribution in [0.3, 0.4) is 0 Å². The van der Waals surface area contributed by atoms with Gasteiger partial charge in [-0.05, 0) is 30.7 Å². The standard InChI is InChI=1S/C15H15F2NS/c1-10-5-2-3-8-14(10)19-9-13(18)15-11(16)6-4-7-12(15)17/h2-8,13H,9,18H2,1H3. The van der Waals surface area contributed by atoms with E-state index >= 15 is 0 Å². The van der Waals surface area contributed by atoms with E-state index in [0.29, 0.717) is 5.75 Å². The summed E-state index contributed by atoms with van der Waals surface area (Å²) in [6, 6.07) is 11.0. The van der Waals surface area contributed by atoms with Gasteiger partial charge in [0.15, 0.2) is 0 Å². The van der Waals surface area contributed by atoms with E-state index in [4.69, 9.17) is 5.73 Å². The molecule has 0 spiro atoms. The number of thioether (sulfide) groups is 1. The van der Waals surface area contributed by atoms with E-state index in [-0.39, 0.29) is 5.56 Å². The number of halogens is 2. The second-order valence-corrected chi connectivity index (χ2v) is 5.38. The first kappa shape index (κ1) is 14.0. The molecule has 2 aromatic carbocycles. The summed E-state index contributed by atoms with van der Waals surface area (Å²) >= 11 is 1.51. The van der Waals surface area contributed by atoms with Gasteiger partial charge in [0.1, 0.15) is 11.6 Å². The lowest BCUT2D eigenvalue weighted by Gasteiger charge is -2.14. The van der Waals surface area contributed by atoms with Crippen LogP contribution >= 0.6 is 11.8 Å². The van der Waals surface area contributed by atoms with E-state index in [1.54, 1.807) is 0 Å². The van der Waals surface area contributed by atoms with Crippen molar-refractivity contribution < 1.29 is 8.78 Å². The Morgan fingerprint density at radius 1 is 1.05 bits per heavy atom. The summed E-state index contributed by atoms with van der Waals surface area (Å²) in [6.45, 7) is 2.00. The van der Waals surface area contributed by atoms with Gasteiger partial charge in [-0.2, -0.15) is 0 Å². The lowest BCUT2D eigenvalue weighted by atomic mass is 10.1. The third kappa shape index (κ3) is 3.33. The average molecular weight is 279 g/mol. The average Bonchev–Trinajstić information content (AvgIpc) is 2.37. The molecule has 1 atom stereocenters. The highest BCUT2D eigenvalue weighted by molar-refractivity contribution is 7.99. The molecule has 19 heavy (non-hydrogen) atoms. The Labute approximate surface area is 115 Å². The number of aryl methyl sites for hydroxylation is 1. The zero-order valence-electron chi connectivity index (χ0n) is 10.6. The minimum Gasteiger partial charge on any atom is -0.323 e. The highest BCUT2D eigenvalue weighted by Crippen LogP contribution is 2.28. The fraction of sp³-hybridized carbons (Fsp3) is 0.200. The SMILES string of the molecule is Cc1ccccc1SCC(N)c1c(F)cccc1F. The van der Waals surface area contributed by atoms with Crippen molar-refractivity contribution >= 4 is 11.8 Å². The number of nitrogens with two attached hydrogens (primary N) is 1. The summed E-state index contributed by atoms with van der Waals surface area (Å²) in [4.78, 5) is 1.08. The van der Waals surface area contributed by atoms with Crippen LogP contribution in [-0.2, 0) is 0 Å². The van der Waals surface area contributed by atoms with Crippen LogP contribution in [0.5, 0.6) is 0 Å². The Hall–Kier alpha value is -1.39. The van der Waals surface area contributed by atoms with Gasteiger partial charge in [0.2, 0.25) is 0 Å². The molecule has 0 aliphatic rings. The Kier molecular flexibility index (Phi) is 4.56. The maximum absolute atomic E-state index is 13.6. The van der Waals surface area contributed by atoms with Crippen LogP contribution in [0, 0.1) is 18.6 Å². The first-order chi connectivity index (χ1) is 9.09. The highest BCUT2D eigenvalue weighted by atomic mass is 32.2. The lowest BCUT2D eigenvalue weighted by molar-refractivity contribution is 0.538. The molecule has 0 radical (unpaired) electrons. The highest BCUT2D eigenvalue weighted by Gasteiger charge is 2.16. The van der Waals surface area contributed by atoms with Crippen LogP contribution in [0.1, 0.15) is 17.2 Å². The number of hydrogen-bond donors (Lipinski definition) is 1. The van der Waals surface area contributed by atoms with E-state index in [1.165, 1.54) is 30.0 Å². The molecule has 0 amide bonds. The second-order valence-electron chi connectivity index (χ2n) is 4.32. The van der Waals surface area contributed by atoms with Crippen molar-refractivity contribution in [3.05, 3.63) is 65.2 Å². The largest absolute Gasteiger partial charge is 0.323 e. The Bertz CT molecular complexity index is 552. The Morgan fingerprint density at radius 2 is 1.68 bits per heavy atom. The molecule has 0 heterocycles. The summed E-state index contributed by atoms with van der Waals surface area (Å²) in [5.41, 5.74) is 6.99. The molecule has 0 bridgehead atoms. The monoisotopic (exact) mass is 279 g/mol. The van der Waals surface area contributed by atoms with Crippen molar-refractivity contribution in [2.24, 2.45) is 5.73 Å². The molecular weight excluding hydrogens is 264 g/mol. The molecule has 2 aromatic rings. The van der Waals surface area contributed by atoms with E-state index < -0.39 is 17.7 Å². The molecule has 0 aliphatic heterocycles. The summed E-state index contributed by atoms with van der Waals surface area (Å²) < 4.78 is 27.2. The summed E-state index contributed by atoms with van der Waals surface area (Å²) in [7, 11) is 0. The normalized spacial score (nSPS) is 12.4. The van der Waals surface area contributed by atoms with E-state index in [2.05, 4.69) is 0 Å². The molecule has 0 aromatic heterocycles. The molecule has 0 saturated carbocycles. The van der Waals surface area contributed by atoms with Gasteiger partial charge < -0.3 is 5.73 Å². The van der Waals surface area contributed by atoms with E-state index in [1.807, 2.05) is 31.2 Å². The van der Waals surface area contributed by atoms with Gasteiger partial charge in [0.25, 0.3) is 0 Å². The number of benzene rings is 2. The van der Waals surface area contributed by atoms with Crippen LogP contribution in [0.25, 0.3) is 0 Å². The maximum atomic E-state index is 13.6. The first-order valence-electron chi connectivity index (χ1n) is 5.97. The molecule has 1 nitrogen and oxygen atoms in total. The van der Waals surface area contributed by atoms with Gasteiger partial charge in [-0.15, -0.1) is 11.8 Å². The van der Waals surface area contributed by atoms with Crippen molar-refractivity contribution in [2.45, 2.75) is 17.9 Å². The van der Waals surface area contributed by atoms with Crippen molar-refractivity contribution in [1.82, 2.24) is 0 Å². The van der Waals surface area contributed by atoms with Gasteiger partial charge in [-0.1, -0.05) is 24.3 Å². The predicted octanol–water partition coefficient (Wildman–Crippen LogP) is 4.07. The van der Waals surface area contributed by atoms with Crippen LogP contribution in [0.15, 0.2) is 47.4 Å². The van der Waals surface area contributed by atoms with Crippen LogP contribution in [0.2, 0.25) is 0 Å². The topological polar surface area (TPSA) is 26.0 Å². The predicted molar refractivity (Wildman–Crippen MR) is 75.2 cm³/mol. The quantitative estimate of drug-likeness (QED) is 0.854. The molecule has 2 rings (SSSR count). The van der Waals surface area contributed by atoms with Crippen LogP contribution in [-0.4, -0.2) is 5.75 Å². The van der Waals surface area contributed by atoms with Gasteiger partial charge in [0, 0.05) is 22.3 Å². The Balaban J connectivity index is 2.10. The molecule has 0 aliphatic carbocycles. The van der Waals surface area contributed by atoms with Gasteiger partial charge in [-0.25, -0.2) is 8.78 Å². The zero-order chi connectivity index (χ0) is 13.8. The van der Waals surface area contributed by atoms with Crippen LogP contribution < -0.4 is 5.73 Å². The fourth-order valence-electron chi connectivity index (χ4n) is 1.85. The zero-order valence-corrected chi connectivity index (χ0v) is 11.4. The van der Waals surface area contributed by atoms with Crippen molar-refractivity contribution in [2.75, 3.05) is 5.75 Å². The Morgan fingerprint density at radius 3 is 2.32 bits per heavy atom. The fourth-order valence-corrected chi connectivity index (χ4v) is 2.84. The minimum absolute atomic E-state index is 0.0383. The summed E-state index contributed by atoms with van der Waals surface area (Å²) in [5, 5.41) is 0. The van der Waals surface area contributed by atoms with Crippen molar-refractivity contribution in [3.8, 4) is 0 Å². The molecule has 2 N–H and O–H groups in total. The summed E-state index contributed by atoms with van der Waals surface area (Å²) in [5.74, 6) is -0.737. The first-order valence-corrected chi connectivity index (χ1v) is 6.96. The molecule has 100 valence electrons. The van der Waals surface area contributed by atoms with Crippen molar-refractivity contribution in [3.63, 3.8) is 0 Å². The van der Waals surface area contributed by atoms with Gasteiger partial charge in [-0.3, -0.25) is 0 Å².